The highest BCUT2D eigenvalue weighted by Gasteiger charge is 2.09. The lowest BCUT2D eigenvalue weighted by Crippen LogP contribution is -2.14. The molecule has 2 aromatic carbocycles. The molecule has 0 saturated heterocycles. The average molecular weight is 402 g/mol. The Balaban J connectivity index is 1.57. The van der Waals surface area contributed by atoms with E-state index < -0.39 is 0 Å². The van der Waals surface area contributed by atoms with Gasteiger partial charge in [-0.25, -0.2) is 4.98 Å². The van der Waals surface area contributed by atoms with Gasteiger partial charge in [0.05, 0.1) is 12.9 Å². The fourth-order valence-electron chi connectivity index (χ4n) is 2.48. The van der Waals surface area contributed by atoms with E-state index >= 15 is 0 Å². The van der Waals surface area contributed by atoms with Gasteiger partial charge in [-0.05, 0) is 42.3 Å². The van der Waals surface area contributed by atoms with Crippen LogP contribution in [-0.4, -0.2) is 28.3 Å². The first-order valence-electron chi connectivity index (χ1n) is 8.38. The van der Waals surface area contributed by atoms with Crippen LogP contribution in [-0.2, 0) is 11.3 Å². The summed E-state index contributed by atoms with van der Waals surface area (Å²) in [6, 6.07) is 13.4. The lowest BCUT2D eigenvalue weighted by atomic mass is 10.2. The van der Waals surface area contributed by atoms with Gasteiger partial charge < -0.3 is 14.6 Å². The van der Waals surface area contributed by atoms with Crippen LogP contribution in [0.4, 0.5) is 5.69 Å². The molecule has 0 atom stereocenters. The molecule has 7 heteroatoms. The third-order valence-corrected chi connectivity index (χ3v) is 5.39. The van der Waals surface area contributed by atoms with Crippen molar-refractivity contribution in [2.24, 2.45) is 0 Å². The van der Waals surface area contributed by atoms with E-state index in [9.17, 15) is 4.79 Å². The summed E-state index contributed by atoms with van der Waals surface area (Å²) >= 11 is 7.49. The van der Waals surface area contributed by atoms with Crippen molar-refractivity contribution in [1.29, 1.82) is 0 Å². The minimum Gasteiger partial charge on any atom is -0.497 e. The van der Waals surface area contributed by atoms with Crippen LogP contribution in [0.25, 0.3) is 0 Å². The second-order valence-corrected chi connectivity index (χ2v) is 7.34. The van der Waals surface area contributed by atoms with Crippen LogP contribution in [0, 0.1) is 6.92 Å². The summed E-state index contributed by atoms with van der Waals surface area (Å²) in [5.41, 5.74) is 2.80. The van der Waals surface area contributed by atoms with Crippen LogP contribution in [0.15, 0.2) is 60.0 Å². The smallest absolute Gasteiger partial charge is 0.234 e. The number of nitrogens with one attached hydrogen (secondary N) is 1. The van der Waals surface area contributed by atoms with Crippen LogP contribution >= 0.6 is 23.4 Å². The molecule has 0 fully saturated rings. The van der Waals surface area contributed by atoms with Crippen LogP contribution in [0.2, 0.25) is 5.02 Å². The zero-order valence-electron chi connectivity index (χ0n) is 15.1. The highest BCUT2D eigenvalue weighted by Crippen LogP contribution is 2.22. The molecule has 3 rings (SSSR count). The molecule has 0 spiro atoms. The minimum atomic E-state index is -0.0982. The number of methoxy groups -OCH3 is 1. The fourth-order valence-corrected chi connectivity index (χ4v) is 3.42. The first kappa shape index (κ1) is 19.3. The van der Waals surface area contributed by atoms with Crippen molar-refractivity contribution in [2.45, 2.75) is 18.6 Å². The summed E-state index contributed by atoms with van der Waals surface area (Å²) in [5.74, 6) is 0.997. The number of amides is 1. The van der Waals surface area contributed by atoms with Crippen LogP contribution in [0.1, 0.15) is 11.1 Å². The number of benzene rings is 2. The number of hydrogen-bond donors (Lipinski definition) is 1. The quantitative estimate of drug-likeness (QED) is 0.586. The maximum Gasteiger partial charge on any atom is 0.234 e. The Bertz CT molecular complexity index is 925. The van der Waals surface area contributed by atoms with E-state index in [1.54, 1.807) is 19.4 Å². The maximum absolute atomic E-state index is 12.2. The lowest BCUT2D eigenvalue weighted by molar-refractivity contribution is -0.113. The van der Waals surface area contributed by atoms with E-state index in [0.29, 0.717) is 17.3 Å². The summed E-state index contributed by atoms with van der Waals surface area (Å²) in [7, 11) is 1.65. The molecule has 1 amide bonds. The summed E-state index contributed by atoms with van der Waals surface area (Å²) in [5, 5.41) is 4.29. The number of halogens is 1. The monoisotopic (exact) mass is 401 g/mol. The van der Waals surface area contributed by atoms with Crippen LogP contribution < -0.4 is 10.1 Å². The Kier molecular flexibility index (Phi) is 6.42. The van der Waals surface area contributed by atoms with E-state index in [2.05, 4.69) is 10.3 Å². The number of carbonyl (C=O) groups is 1. The Morgan fingerprint density at radius 2 is 2.04 bits per heavy atom. The maximum atomic E-state index is 12.2. The SMILES string of the molecule is COc1ccc(Cn2ccnc2SCC(=O)Nc2ccc(C)c(Cl)c2)cc1. The molecule has 0 aliphatic heterocycles. The summed E-state index contributed by atoms with van der Waals surface area (Å²) in [4.78, 5) is 16.6. The van der Waals surface area contributed by atoms with Crippen LogP contribution in [0.3, 0.4) is 0 Å². The second-order valence-electron chi connectivity index (χ2n) is 5.99. The third-order valence-electron chi connectivity index (χ3n) is 3.98. The van der Waals surface area contributed by atoms with Crippen molar-refractivity contribution in [3.8, 4) is 5.75 Å². The predicted octanol–water partition coefficient (Wildman–Crippen LogP) is 4.63. The van der Waals surface area contributed by atoms with Crippen molar-refractivity contribution < 1.29 is 9.53 Å². The van der Waals surface area contributed by atoms with E-state index in [4.69, 9.17) is 16.3 Å². The minimum absolute atomic E-state index is 0.0982. The highest BCUT2D eigenvalue weighted by atomic mass is 35.5. The second kappa shape index (κ2) is 8.97. The highest BCUT2D eigenvalue weighted by molar-refractivity contribution is 7.99. The number of aryl methyl sites for hydroxylation is 1. The Hall–Kier alpha value is -2.44. The third kappa shape index (κ3) is 5.28. The molecule has 0 bridgehead atoms. The average Bonchev–Trinajstić information content (AvgIpc) is 3.11. The largest absolute Gasteiger partial charge is 0.497 e. The summed E-state index contributed by atoms with van der Waals surface area (Å²) in [6.07, 6.45) is 3.65. The van der Waals surface area contributed by atoms with Crippen molar-refractivity contribution in [3.63, 3.8) is 0 Å². The van der Waals surface area contributed by atoms with Crippen molar-refractivity contribution >= 4 is 35.0 Å². The number of ether oxygens (including phenoxy) is 1. The zero-order chi connectivity index (χ0) is 19.2. The van der Waals surface area contributed by atoms with Crippen LogP contribution in [0.5, 0.6) is 5.75 Å². The van der Waals surface area contributed by atoms with Gasteiger partial charge in [-0.1, -0.05) is 41.6 Å². The van der Waals surface area contributed by atoms with Gasteiger partial charge in [0.15, 0.2) is 5.16 Å². The molecule has 0 unspecified atom stereocenters. The van der Waals surface area contributed by atoms with Gasteiger partial charge in [-0.15, -0.1) is 0 Å². The van der Waals surface area contributed by atoms with Gasteiger partial charge in [-0.2, -0.15) is 0 Å². The molecule has 5 nitrogen and oxygen atoms in total. The molecule has 1 N–H and O–H groups in total. The molecular weight excluding hydrogens is 382 g/mol. The summed E-state index contributed by atoms with van der Waals surface area (Å²) < 4.78 is 7.20. The molecular formula is C20H20ClN3O2S. The summed E-state index contributed by atoms with van der Waals surface area (Å²) in [6.45, 7) is 2.61. The number of imidazole rings is 1. The van der Waals surface area contributed by atoms with Crippen molar-refractivity contribution in [3.05, 3.63) is 71.0 Å². The first-order chi connectivity index (χ1) is 13.0. The standard InChI is InChI=1S/C20H20ClN3O2S/c1-14-3-6-16(11-18(14)21)23-19(25)13-27-20-22-9-10-24(20)12-15-4-7-17(26-2)8-5-15/h3-11H,12-13H2,1-2H3,(H,23,25). The Morgan fingerprint density at radius 1 is 1.26 bits per heavy atom. The molecule has 140 valence electrons. The molecule has 0 saturated carbocycles. The fraction of sp³-hybridized carbons (Fsp3) is 0.200. The topological polar surface area (TPSA) is 56.2 Å². The van der Waals surface area contributed by atoms with Gasteiger partial charge in [0.2, 0.25) is 5.91 Å². The molecule has 1 heterocycles. The number of carbonyl (C=O) groups excluding carboxylic acids is 1. The molecule has 27 heavy (non-hydrogen) atoms. The van der Waals surface area contributed by atoms with Gasteiger partial charge in [0.1, 0.15) is 5.75 Å². The molecule has 0 aliphatic rings. The number of aromatic nitrogens is 2. The van der Waals surface area contributed by atoms with E-state index in [0.717, 1.165) is 22.0 Å². The first-order valence-corrected chi connectivity index (χ1v) is 9.74. The Labute approximate surface area is 167 Å². The number of thioether (sulfide) groups is 1. The molecule has 3 aromatic rings. The Morgan fingerprint density at radius 3 is 2.74 bits per heavy atom. The zero-order valence-corrected chi connectivity index (χ0v) is 16.7. The molecule has 1 aromatic heterocycles. The van der Waals surface area contributed by atoms with Crippen molar-refractivity contribution in [1.82, 2.24) is 9.55 Å². The van der Waals surface area contributed by atoms with E-state index in [1.807, 2.05) is 54.1 Å². The number of anilines is 1. The number of nitrogens with zero attached hydrogens (tertiary/aromatic N) is 2. The molecule has 0 aliphatic carbocycles. The van der Waals surface area contributed by atoms with Gasteiger partial charge in [-0.3, -0.25) is 4.79 Å². The van der Waals surface area contributed by atoms with Gasteiger partial charge >= 0.3 is 0 Å². The van der Waals surface area contributed by atoms with Crippen molar-refractivity contribution in [2.75, 3.05) is 18.2 Å². The number of rotatable bonds is 7. The molecule has 0 radical (unpaired) electrons. The van der Waals surface area contributed by atoms with E-state index in [-0.39, 0.29) is 11.7 Å². The van der Waals surface area contributed by atoms with E-state index in [1.165, 1.54) is 11.8 Å². The number of hydrogen-bond acceptors (Lipinski definition) is 4. The predicted molar refractivity (Wildman–Crippen MR) is 110 cm³/mol. The van der Waals surface area contributed by atoms with Gasteiger partial charge in [0, 0.05) is 29.6 Å². The normalized spacial score (nSPS) is 10.6. The van der Waals surface area contributed by atoms with Gasteiger partial charge in [0.25, 0.3) is 0 Å². The lowest BCUT2D eigenvalue weighted by Gasteiger charge is -2.09.